The second-order valence-corrected chi connectivity index (χ2v) is 6.89. The average molecular weight is 366 g/mol. The van der Waals surface area contributed by atoms with Gasteiger partial charge >= 0.3 is 0 Å². The number of piperidine rings is 1. The molecule has 1 atom stereocenters. The van der Waals surface area contributed by atoms with Gasteiger partial charge in [0, 0.05) is 19.1 Å². The third kappa shape index (κ3) is 5.09. The second-order valence-electron chi connectivity index (χ2n) is 6.89. The van der Waals surface area contributed by atoms with Crippen LogP contribution in [0.25, 0.3) is 0 Å². The summed E-state index contributed by atoms with van der Waals surface area (Å²) in [5.41, 5.74) is 1.46. The lowest BCUT2D eigenvalue weighted by Crippen LogP contribution is -2.44. The van der Waals surface area contributed by atoms with Crippen molar-refractivity contribution in [3.63, 3.8) is 0 Å². The highest BCUT2D eigenvalue weighted by Gasteiger charge is 2.23. The van der Waals surface area contributed by atoms with Gasteiger partial charge in [0.25, 0.3) is 11.8 Å². The zero-order chi connectivity index (χ0) is 19.1. The molecule has 0 aliphatic carbocycles. The lowest BCUT2D eigenvalue weighted by Gasteiger charge is -2.33. The van der Waals surface area contributed by atoms with E-state index in [-0.39, 0.29) is 24.5 Å². The molecule has 5 nitrogen and oxygen atoms in total. The normalized spacial score (nSPS) is 16.6. The largest absolute Gasteiger partial charge is 0.483 e. The Morgan fingerprint density at radius 2 is 1.81 bits per heavy atom. The highest BCUT2D eigenvalue weighted by atomic mass is 16.5. The van der Waals surface area contributed by atoms with Gasteiger partial charge in [-0.25, -0.2) is 0 Å². The average Bonchev–Trinajstić information content (AvgIpc) is 2.71. The van der Waals surface area contributed by atoms with Crippen LogP contribution in [0, 0.1) is 0 Å². The number of ether oxygens (including phenoxy) is 1. The first kappa shape index (κ1) is 19.0. The zero-order valence-electron chi connectivity index (χ0n) is 15.7. The smallest absolute Gasteiger partial charge is 0.260 e. The summed E-state index contributed by atoms with van der Waals surface area (Å²) in [6.45, 7) is 3.25. The highest BCUT2D eigenvalue weighted by Crippen LogP contribution is 2.20. The number of likely N-dealkylation sites (tertiary alicyclic amines) is 1. The van der Waals surface area contributed by atoms with Gasteiger partial charge in [-0.3, -0.25) is 9.59 Å². The molecule has 0 bridgehead atoms. The minimum Gasteiger partial charge on any atom is -0.483 e. The number of benzene rings is 2. The lowest BCUT2D eigenvalue weighted by molar-refractivity contribution is -0.136. The van der Waals surface area contributed by atoms with Gasteiger partial charge in [0.15, 0.2) is 6.61 Å². The van der Waals surface area contributed by atoms with Crippen LogP contribution in [0.5, 0.6) is 5.75 Å². The van der Waals surface area contributed by atoms with Gasteiger partial charge in [0.2, 0.25) is 0 Å². The summed E-state index contributed by atoms with van der Waals surface area (Å²) in [5.74, 6) is 0.191. The number of hydrogen-bond donors (Lipinski definition) is 1. The maximum Gasteiger partial charge on any atom is 0.260 e. The van der Waals surface area contributed by atoms with Gasteiger partial charge < -0.3 is 15.0 Å². The van der Waals surface area contributed by atoms with Crippen LogP contribution in [0.4, 0.5) is 0 Å². The fourth-order valence-corrected chi connectivity index (χ4v) is 3.34. The Labute approximate surface area is 160 Å². The molecule has 0 aromatic heterocycles. The van der Waals surface area contributed by atoms with Gasteiger partial charge in [0.1, 0.15) is 5.75 Å². The van der Waals surface area contributed by atoms with Crippen LogP contribution in [0.15, 0.2) is 54.6 Å². The molecule has 1 N–H and O–H groups in total. The molecule has 1 aliphatic heterocycles. The van der Waals surface area contributed by atoms with E-state index >= 15 is 0 Å². The van der Waals surface area contributed by atoms with Crippen molar-refractivity contribution in [1.82, 2.24) is 10.2 Å². The Morgan fingerprint density at radius 3 is 2.59 bits per heavy atom. The van der Waals surface area contributed by atoms with Crippen LogP contribution in [0.3, 0.4) is 0 Å². The van der Waals surface area contributed by atoms with Crippen molar-refractivity contribution in [2.45, 2.75) is 38.8 Å². The van der Waals surface area contributed by atoms with E-state index in [0.717, 1.165) is 31.4 Å². The predicted octanol–water partition coefficient (Wildman–Crippen LogP) is 3.40. The maximum atomic E-state index is 12.6. The molecular weight excluding hydrogens is 340 g/mol. The number of para-hydroxylation sites is 1. The Balaban J connectivity index is 1.59. The highest BCUT2D eigenvalue weighted by molar-refractivity contribution is 5.97. The minimum absolute atomic E-state index is 0.0262. The molecule has 0 saturated carbocycles. The van der Waals surface area contributed by atoms with Crippen molar-refractivity contribution in [1.29, 1.82) is 0 Å². The summed E-state index contributed by atoms with van der Waals surface area (Å²) in [6, 6.07) is 17.0. The van der Waals surface area contributed by atoms with Crippen molar-refractivity contribution >= 4 is 11.8 Å². The first-order chi connectivity index (χ1) is 13.1. The number of rotatable bonds is 6. The van der Waals surface area contributed by atoms with E-state index in [1.165, 1.54) is 0 Å². The van der Waals surface area contributed by atoms with Gasteiger partial charge in [0.05, 0.1) is 5.56 Å². The van der Waals surface area contributed by atoms with Gasteiger partial charge in [-0.1, -0.05) is 42.5 Å². The van der Waals surface area contributed by atoms with Crippen molar-refractivity contribution < 1.29 is 14.3 Å². The minimum atomic E-state index is -0.215. The van der Waals surface area contributed by atoms with Gasteiger partial charge in [-0.05, 0) is 43.9 Å². The van der Waals surface area contributed by atoms with Crippen LogP contribution in [0.2, 0.25) is 0 Å². The topological polar surface area (TPSA) is 58.6 Å². The molecule has 1 saturated heterocycles. The number of nitrogens with zero attached hydrogens (tertiary/aromatic N) is 1. The molecule has 2 amide bonds. The van der Waals surface area contributed by atoms with Gasteiger partial charge in [-0.2, -0.15) is 0 Å². The van der Waals surface area contributed by atoms with E-state index in [4.69, 9.17) is 4.74 Å². The maximum absolute atomic E-state index is 12.6. The lowest BCUT2D eigenvalue weighted by atomic mass is 10.0. The monoisotopic (exact) mass is 366 g/mol. The SMILES string of the molecule is C[C@@H]1CCCCN1C(=O)COc1ccccc1C(=O)NCc1ccccc1. The van der Waals surface area contributed by atoms with Crippen LogP contribution < -0.4 is 10.1 Å². The van der Waals surface area contributed by atoms with Crippen LogP contribution in [0.1, 0.15) is 42.1 Å². The molecule has 0 unspecified atom stereocenters. The van der Waals surface area contributed by atoms with E-state index in [2.05, 4.69) is 12.2 Å². The van der Waals surface area contributed by atoms with Crippen LogP contribution >= 0.6 is 0 Å². The van der Waals surface area contributed by atoms with Crippen molar-refractivity contribution in [2.24, 2.45) is 0 Å². The zero-order valence-corrected chi connectivity index (χ0v) is 15.7. The molecule has 1 fully saturated rings. The van der Waals surface area contributed by atoms with Crippen molar-refractivity contribution in [3.8, 4) is 5.75 Å². The van der Waals surface area contributed by atoms with Crippen molar-refractivity contribution in [2.75, 3.05) is 13.2 Å². The molecular formula is C22H26N2O3. The van der Waals surface area contributed by atoms with Crippen molar-refractivity contribution in [3.05, 3.63) is 65.7 Å². The van der Waals surface area contributed by atoms with E-state index < -0.39 is 0 Å². The number of nitrogens with one attached hydrogen (secondary N) is 1. The molecule has 0 radical (unpaired) electrons. The fraction of sp³-hybridized carbons (Fsp3) is 0.364. The van der Waals surface area contributed by atoms with E-state index in [1.54, 1.807) is 24.3 Å². The van der Waals surface area contributed by atoms with Crippen LogP contribution in [-0.4, -0.2) is 35.9 Å². The molecule has 2 aromatic rings. The number of carbonyl (C=O) groups excluding carboxylic acids is 2. The third-order valence-corrected chi connectivity index (χ3v) is 4.90. The van der Waals surface area contributed by atoms with E-state index in [9.17, 15) is 9.59 Å². The van der Waals surface area contributed by atoms with E-state index in [0.29, 0.717) is 17.9 Å². The van der Waals surface area contributed by atoms with Crippen LogP contribution in [-0.2, 0) is 11.3 Å². The summed E-state index contributed by atoms with van der Waals surface area (Å²) < 4.78 is 5.72. The molecule has 142 valence electrons. The molecule has 1 aliphatic rings. The molecule has 0 spiro atoms. The summed E-state index contributed by atoms with van der Waals surface area (Å²) in [7, 11) is 0. The molecule has 2 aromatic carbocycles. The Bertz CT molecular complexity index is 776. The first-order valence-corrected chi connectivity index (χ1v) is 9.48. The molecule has 5 heteroatoms. The molecule has 27 heavy (non-hydrogen) atoms. The Hall–Kier alpha value is -2.82. The number of carbonyl (C=O) groups is 2. The summed E-state index contributed by atoms with van der Waals surface area (Å²) >= 11 is 0. The third-order valence-electron chi connectivity index (χ3n) is 4.90. The summed E-state index contributed by atoms with van der Waals surface area (Å²) in [4.78, 5) is 26.9. The Morgan fingerprint density at radius 1 is 1.07 bits per heavy atom. The number of amides is 2. The van der Waals surface area contributed by atoms with E-state index in [1.807, 2.05) is 35.2 Å². The first-order valence-electron chi connectivity index (χ1n) is 9.48. The Kier molecular flexibility index (Phi) is 6.47. The fourth-order valence-electron chi connectivity index (χ4n) is 3.34. The van der Waals surface area contributed by atoms with Gasteiger partial charge in [-0.15, -0.1) is 0 Å². The number of hydrogen-bond acceptors (Lipinski definition) is 3. The quantitative estimate of drug-likeness (QED) is 0.852. The second kappa shape index (κ2) is 9.21. The summed E-state index contributed by atoms with van der Waals surface area (Å²) in [6.07, 6.45) is 3.23. The summed E-state index contributed by atoms with van der Waals surface area (Å²) in [5, 5.41) is 2.90. The predicted molar refractivity (Wildman–Crippen MR) is 105 cm³/mol. The molecule has 3 rings (SSSR count). The standard InChI is InChI=1S/C22H26N2O3/c1-17-9-7-8-14-24(17)21(25)16-27-20-13-6-5-12-19(20)22(26)23-15-18-10-3-2-4-11-18/h2-6,10-13,17H,7-9,14-16H2,1H3,(H,23,26)/t17-/m1/s1. The molecule has 1 heterocycles.